The van der Waals surface area contributed by atoms with E-state index in [1.165, 1.54) is 17.8 Å². The molecule has 0 bridgehead atoms. The van der Waals surface area contributed by atoms with Gasteiger partial charge in [-0.15, -0.1) is 20.5 Å². The summed E-state index contributed by atoms with van der Waals surface area (Å²) in [5.74, 6) is 1.65. The van der Waals surface area contributed by atoms with Crippen LogP contribution in [0.2, 0.25) is 0 Å². The van der Waals surface area contributed by atoms with Gasteiger partial charge in [0.25, 0.3) is 10.1 Å². The number of methoxy groups -OCH3 is 2. The number of hydrogen-bond donors (Lipinski definition) is 4. The van der Waals surface area contributed by atoms with Gasteiger partial charge in [0.2, 0.25) is 11.9 Å². The molecule has 0 saturated heterocycles. The Morgan fingerprint density at radius 3 is 1.65 bits per heavy atom. The van der Waals surface area contributed by atoms with Gasteiger partial charge in [0.05, 0.1) is 49.3 Å². The summed E-state index contributed by atoms with van der Waals surface area (Å²) in [4.78, 5) is 18.1. The van der Waals surface area contributed by atoms with Crippen molar-refractivity contribution in [3.05, 3.63) is 103 Å². The molecule has 0 radical (unpaired) electrons. The van der Waals surface area contributed by atoms with Crippen LogP contribution in [0.15, 0.2) is 134 Å². The standard InChI is InChI=1S/C47H51N11O6S2/c1-7-57(8-2)39-26-35(37(28-41(39)63-5)54-53-34-21-15-18-30-16-11-13-19-32(30)34)48-45-50-46(52-47(51-45)65-25-24-59)49-36-27-40(58(9-3)10-4)42(64-6)29-38(36)55-56-44-33-20-14-12-17-31(33)22-23-43(44)66(60,61)62/h11-23,26-29,59H,7-10,24-25H2,1-6H3,(H,60,61,62)(H2,48,49,50,51,52)/b54-53+,56-55+. The number of azo groups is 2. The van der Waals surface area contributed by atoms with E-state index in [-0.39, 0.29) is 29.9 Å². The van der Waals surface area contributed by atoms with Crippen LogP contribution in [0.1, 0.15) is 27.7 Å². The number of aliphatic hydroxyl groups excluding tert-OH is 1. The Kier molecular flexibility index (Phi) is 15.2. The van der Waals surface area contributed by atoms with Gasteiger partial charge in [-0.2, -0.15) is 23.4 Å². The van der Waals surface area contributed by atoms with Crippen LogP contribution in [-0.2, 0) is 10.1 Å². The second kappa shape index (κ2) is 21.4. The van der Waals surface area contributed by atoms with Gasteiger partial charge in [0, 0.05) is 54.8 Å². The van der Waals surface area contributed by atoms with Crippen molar-refractivity contribution in [2.45, 2.75) is 37.7 Å². The van der Waals surface area contributed by atoms with Crippen LogP contribution in [0, 0.1) is 0 Å². The molecule has 0 unspecified atom stereocenters. The summed E-state index contributed by atoms with van der Waals surface area (Å²) in [6.07, 6.45) is 0. The van der Waals surface area contributed by atoms with Crippen molar-refractivity contribution in [1.29, 1.82) is 0 Å². The zero-order valence-corrected chi connectivity index (χ0v) is 39.1. The van der Waals surface area contributed by atoms with E-state index in [9.17, 15) is 18.1 Å². The minimum Gasteiger partial charge on any atom is -0.494 e. The topological polar surface area (TPSA) is 212 Å². The molecule has 66 heavy (non-hydrogen) atoms. The number of thioether (sulfide) groups is 1. The minimum absolute atomic E-state index is 0.0420. The molecule has 0 atom stereocenters. The molecule has 7 rings (SSSR count). The Bertz CT molecular complexity index is 3010. The number of nitrogens with zero attached hydrogens (tertiary/aromatic N) is 9. The van der Waals surface area contributed by atoms with Crippen LogP contribution >= 0.6 is 11.8 Å². The molecule has 0 amide bonds. The fourth-order valence-corrected chi connectivity index (χ4v) is 8.61. The molecule has 0 aliphatic carbocycles. The first-order valence-electron chi connectivity index (χ1n) is 21.3. The van der Waals surface area contributed by atoms with Crippen molar-refractivity contribution in [2.24, 2.45) is 20.5 Å². The van der Waals surface area contributed by atoms with Crippen LogP contribution in [-0.4, -0.2) is 85.8 Å². The number of anilines is 6. The van der Waals surface area contributed by atoms with Gasteiger partial charge in [-0.05, 0) is 62.7 Å². The van der Waals surface area contributed by atoms with E-state index >= 15 is 0 Å². The Balaban J connectivity index is 1.36. The quantitative estimate of drug-likeness (QED) is 0.0318. The van der Waals surface area contributed by atoms with E-state index in [0.29, 0.717) is 82.1 Å². The Hall–Kier alpha value is -6.93. The molecule has 342 valence electrons. The van der Waals surface area contributed by atoms with Crippen molar-refractivity contribution in [2.75, 3.05) is 73.2 Å². The first-order valence-corrected chi connectivity index (χ1v) is 23.7. The molecule has 0 fully saturated rings. The van der Waals surface area contributed by atoms with Crippen LogP contribution < -0.4 is 29.9 Å². The summed E-state index contributed by atoms with van der Waals surface area (Å²) in [5.41, 5.74) is 3.81. The molecule has 6 aromatic carbocycles. The Morgan fingerprint density at radius 1 is 0.621 bits per heavy atom. The zero-order chi connectivity index (χ0) is 46.8. The number of ether oxygens (including phenoxy) is 2. The predicted molar refractivity (Wildman–Crippen MR) is 263 cm³/mol. The fourth-order valence-electron chi connectivity index (χ4n) is 7.40. The summed E-state index contributed by atoms with van der Waals surface area (Å²) in [6.45, 7) is 10.8. The smallest absolute Gasteiger partial charge is 0.296 e. The highest BCUT2D eigenvalue weighted by molar-refractivity contribution is 7.99. The lowest BCUT2D eigenvalue weighted by Gasteiger charge is -2.25. The highest BCUT2D eigenvalue weighted by atomic mass is 32.2. The number of fused-ring (bicyclic) bond motifs is 2. The normalized spacial score (nSPS) is 11.8. The lowest BCUT2D eigenvalue weighted by molar-refractivity contribution is 0.322. The monoisotopic (exact) mass is 929 g/mol. The van der Waals surface area contributed by atoms with Gasteiger partial charge in [0.1, 0.15) is 33.5 Å². The fraction of sp³-hybridized carbons (Fsp3) is 0.255. The number of benzene rings is 6. The molecule has 1 aromatic heterocycles. The number of aromatic nitrogens is 3. The van der Waals surface area contributed by atoms with Crippen LogP contribution in [0.25, 0.3) is 21.5 Å². The summed E-state index contributed by atoms with van der Waals surface area (Å²) in [5, 5.41) is 38.5. The third kappa shape index (κ3) is 10.6. The molecule has 0 spiro atoms. The van der Waals surface area contributed by atoms with Crippen molar-refractivity contribution in [3.8, 4) is 11.5 Å². The first-order chi connectivity index (χ1) is 32.0. The molecular formula is C47H51N11O6S2. The van der Waals surface area contributed by atoms with Gasteiger partial charge in [0.15, 0.2) is 5.16 Å². The molecule has 0 aliphatic heterocycles. The van der Waals surface area contributed by atoms with Crippen molar-refractivity contribution >= 4 is 101 Å². The van der Waals surface area contributed by atoms with Crippen LogP contribution in [0.4, 0.5) is 57.4 Å². The highest BCUT2D eigenvalue weighted by Crippen LogP contribution is 2.44. The maximum Gasteiger partial charge on any atom is 0.296 e. The maximum absolute atomic E-state index is 12.6. The molecular weight excluding hydrogens is 879 g/mol. The molecule has 17 nitrogen and oxygen atoms in total. The van der Waals surface area contributed by atoms with Gasteiger partial charge < -0.3 is 35.0 Å². The maximum atomic E-state index is 12.6. The summed E-state index contributed by atoms with van der Waals surface area (Å²) in [7, 11) is -1.53. The third-order valence-corrected chi connectivity index (χ3v) is 12.4. The molecule has 19 heteroatoms. The van der Waals surface area contributed by atoms with Crippen molar-refractivity contribution < 1.29 is 27.6 Å². The lowest BCUT2D eigenvalue weighted by atomic mass is 10.1. The minimum atomic E-state index is -4.69. The van der Waals surface area contributed by atoms with Gasteiger partial charge in [-0.25, -0.2) is 0 Å². The van der Waals surface area contributed by atoms with Gasteiger partial charge >= 0.3 is 0 Å². The lowest BCUT2D eigenvalue weighted by Crippen LogP contribution is -2.22. The SMILES string of the molecule is CCN(CC)c1cc(Nc2nc(Nc3cc(N(CC)CC)c(OC)cc3/N=N/c3c(S(=O)(=O)O)ccc4ccccc34)nc(SCCO)n2)c(/N=N/c2cccc3ccccc23)cc1OC. The number of hydrogen-bond acceptors (Lipinski definition) is 17. The van der Waals surface area contributed by atoms with Crippen molar-refractivity contribution in [1.82, 2.24) is 15.0 Å². The number of aliphatic hydroxyl groups is 1. The molecule has 0 saturated carbocycles. The number of rotatable bonds is 20. The molecule has 7 aromatic rings. The predicted octanol–water partition coefficient (Wildman–Crippen LogP) is 11.5. The highest BCUT2D eigenvalue weighted by Gasteiger charge is 2.22. The van der Waals surface area contributed by atoms with Crippen molar-refractivity contribution in [3.63, 3.8) is 0 Å². The van der Waals surface area contributed by atoms with Gasteiger partial charge in [-0.1, -0.05) is 78.5 Å². The Labute approximate surface area is 387 Å². The van der Waals surface area contributed by atoms with E-state index < -0.39 is 15.0 Å². The summed E-state index contributed by atoms with van der Waals surface area (Å²) < 4.78 is 47.2. The third-order valence-electron chi connectivity index (χ3n) is 10.7. The van der Waals surface area contributed by atoms with E-state index in [1.807, 2.05) is 86.6 Å². The van der Waals surface area contributed by atoms with E-state index in [4.69, 9.17) is 34.7 Å². The second-order valence-corrected chi connectivity index (χ2v) is 17.0. The Morgan fingerprint density at radius 2 is 1.12 bits per heavy atom. The average Bonchev–Trinajstić information content (AvgIpc) is 3.33. The summed E-state index contributed by atoms with van der Waals surface area (Å²) in [6, 6.07) is 31.0. The average molecular weight is 930 g/mol. The van der Waals surface area contributed by atoms with Gasteiger partial charge in [-0.3, -0.25) is 4.55 Å². The molecule has 1 heterocycles. The molecule has 4 N–H and O–H groups in total. The number of nitrogens with one attached hydrogen (secondary N) is 2. The van der Waals surface area contributed by atoms with Crippen LogP contribution in [0.5, 0.6) is 11.5 Å². The zero-order valence-electron chi connectivity index (χ0n) is 37.4. The van der Waals surface area contributed by atoms with E-state index in [2.05, 4.69) is 44.5 Å². The van der Waals surface area contributed by atoms with Crippen LogP contribution in [0.3, 0.4) is 0 Å². The first kappa shape index (κ1) is 47.0. The second-order valence-electron chi connectivity index (χ2n) is 14.5. The van der Waals surface area contributed by atoms with E-state index in [0.717, 1.165) is 22.1 Å². The summed E-state index contributed by atoms with van der Waals surface area (Å²) >= 11 is 1.23. The van der Waals surface area contributed by atoms with E-state index in [1.54, 1.807) is 38.5 Å². The molecule has 0 aliphatic rings. The largest absolute Gasteiger partial charge is 0.494 e.